The number of aromatic nitrogens is 5. The van der Waals surface area contributed by atoms with Crippen LogP contribution in [0, 0.1) is 0 Å². The molecule has 32 heavy (non-hydrogen) atoms. The number of carbonyl (C=O) groups is 1. The van der Waals surface area contributed by atoms with Gasteiger partial charge in [-0.2, -0.15) is 10.1 Å². The number of nitrogens with zero attached hydrogens (tertiary/aromatic N) is 5. The zero-order valence-corrected chi connectivity index (χ0v) is 17.4. The lowest BCUT2D eigenvalue weighted by Crippen LogP contribution is -2.17. The van der Waals surface area contributed by atoms with Gasteiger partial charge >= 0.3 is 0 Å². The van der Waals surface area contributed by atoms with Crippen molar-refractivity contribution in [2.24, 2.45) is 7.05 Å². The molecule has 10 heteroatoms. The quantitative estimate of drug-likeness (QED) is 0.499. The first kappa shape index (κ1) is 18.8. The van der Waals surface area contributed by atoms with Crippen molar-refractivity contribution in [2.75, 3.05) is 18.5 Å². The van der Waals surface area contributed by atoms with E-state index in [1.807, 2.05) is 48.3 Å². The van der Waals surface area contributed by atoms with Crippen molar-refractivity contribution >= 4 is 28.6 Å². The SMILES string of the molecule is Cn1cc(-n2ccc3nc(Nc4ccc5c(c4)CNC5=O)nc(O[C@H]4CCOC4)c32)cn1. The molecule has 2 aliphatic heterocycles. The molecule has 1 fully saturated rings. The summed E-state index contributed by atoms with van der Waals surface area (Å²) in [7, 11) is 1.88. The Kier molecular flexibility index (Phi) is 4.32. The number of anilines is 2. The van der Waals surface area contributed by atoms with E-state index in [1.165, 1.54) is 0 Å². The summed E-state index contributed by atoms with van der Waals surface area (Å²) < 4.78 is 15.5. The van der Waals surface area contributed by atoms with Gasteiger partial charge in [0.25, 0.3) is 5.91 Å². The highest BCUT2D eigenvalue weighted by Gasteiger charge is 2.23. The molecular formula is C22H21N7O3. The molecule has 2 N–H and O–H groups in total. The monoisotopic (exact) mass is 431 g/mol. The topological polar surface area (TPSA) is 108 Å². The molecule has 0 unspecified atom stereocenters. The number of fused-ring (bicyclic) bond motifs is 2. The van der Waals surface area contributed by atoms with Crippen molar-refractivity contribution < 1.29 is 14.3 Å². The number of carbonyl (C=O) groups excluding carboxylic acids is 1. The van der Waals surface area contributed by atoms with Crippen LogP contribution in [0.2, 0.25) is 0 Å². The fourth-order valence-corrected chi connectivity index (χ4v) is 4.10. The maximum atomic E-state index is 11.8. The Morgan fingerprint density at radius 2 is 2.22 bits per heavy atom. The number of ether oxygens (including phenoxy) is 2. The van der Waals surface area contributed by atoms with Gasteiger partial charge in [0.2, 0.25) is 11.8 Å². The molecule has 1 saturated heterocycles. The Morgan fingerprint density at radius 3 is 3.03 bits per heavy atom. The molecule has 4 aromatic rings. The van der Waals surface area contributed by atoms with Gasteiger partial charge < -0.3 is 24.7 Å². The molecule has 2 aliphatic rings. The predicted molar refractivity (Wildman–Crippen MR) is 116 cm³/mol. The summed E-state index contributed by atoms with van der Waals surface area (Å²) in [6, 6.07) is 7.53. The standard InChI is InChI=1S/C22H21N7O3/c1-28-11-15(10-24-28)29-6-4-18-19(29)21(32-16-5-7-31-12-16)27-22(26-18)25-14-2-3-17-13(8-14)9-23-20(17)30/h2-4,6,8,10-11,16H,5,7,9,12H2,1H3,(H,23,30)(H,25,26,27)/t16-/m0/s1. The van der Waals surface area contributed by atoms with Gasteiger partial charge in [0, 0.05) is 43.7 Å². The lowest BCUT2D eigenvalue weighted by molar-refractivity contribution is 0.0965. The molecule has 0 spiro atoms. The third-order valence-corrected chi connectivity index (χ3v) is 5.68. The predicted octanol–water partition coefficient (Wildman–Crippen LogP) is 2.31. The van der Waals surface area contributed by atoms with Crippen molar-refractivity contribution in [3.05, 3.63) is 54.0 Å². The molecule has 3 aromatic heterocycles. The van der Waals surface area contributed by atoms with E-state index >= 15 is 0 Å². The van der Waals surface area contributed by atoms with Crippen LogP contribution >= 0.6 is 0 Å². The average molecular weight is 431 g/mol. The van der Waals surface area contributed by atoms with Crippen molar-refractivity contribution in [1.82, 2.24) is 29.6 Å². The molecule has 0 bridgehead atoms. The number of amides is 1. The zero-order chi connectivity index (χ0) is 21.7. The Hall–Kier alpha value is -3.92. The number of rotatable bonds is 5. The van der Waals surface area contributed by atoms with Crippen LogP contribution in [0.5, 0.6) is 5.88 Å². The molecule has 0 saturated carbocycles. The van der Waals surface area contributed by atoms with E-state index in [-0.39, 0.29) is 12.0 Å². The van der Waals surface area contributed by atoms with E-state index in [4.69, 9.17) is 19.4 Å². The Labute approximate surface area is 183 Å². The van der Waals surface area contributed by atoms with Crippen LogP contribution in [0.4, 0.5) is 11.6 Å². The minimum absolute atomic E-state index is 0.0459. The normalized spacial score (nSPS) is 17.5. The minimum atomic E-state index is -0.0599. The first-order valence-corrected chi connectivity index (χ1v) is 10.4. The number of hydrogen-bond donors (Lipinski definition) is 2. The lowest BCUT2D eigenvalue weighted by Gasteiger charge is -2.15. The number of nitrogens with one attached hydrogen (secondary N) is 2. The van der Waals surface area contributed by atoms with Crippen LogP contribution in [0.1, 0.15) is 22.3 Å². The van der Waals surface area contributed by atoms with Crippen molar-refractivity contribution in [3.63, 3.8) is 0 Å². The van der Waals surface area contributed by atoms with E-state index in [0.717, 1.165) is 34.4 Å². The second kappa shape index (κ2) is 7.34. The summed E-state index contributed by atoms with van der Waals surface area (Å²) in [5.41, 5.74) is 4.88. The molecular weight excluding hydrogens is 410 g/mol. The van der Waals surface area contributed by atoms with Gasteiger partial charge in [-0.05, 0) is 29.8 Å². The molecule has 6 rings (SSSR count). The molecule has 5 heterocycles. The van der Waals surface area contributed by atoms with Crippen molar-refractivity contribution in [2.45, 2.75) is 19.1 Å². The first-order valence-electron chi connectivity index (χ1n) is 10.4. The Morgan fingerprint density at radius 1 is 1.28 bits per heavy atom. The number of hydrogen-bond acceptors (Lipinski definition) is 7. The van der Waals surface area contributed by atoms with Crippen molar-refractivity contribution in [1.29, 1.82) is 0 Å². The summed E-state index contributed by atoms with van der Waals surface area (Å²) in [6.07, 6.45) is 6.40. The maximum Gasteiger partial charge on any atom is 0.251 e. The Bertz CT molecular complexity index is 1340. The van der Waals surface area contributed by atoms with Gasteiger partial charge in [0.05, 0.1) is 30.6 Å². The second-order valence-electron chi connectivity index (χ2n) is 7.93. The summed E-state index contributed by atoms with van der Waals surface area (Å²) >= 11 is 0. The minimum Gasteiger partial charge on any atom is -0.470 e. The largest absolute Gasteiger partial charge is 0.470 e. The van der Waals surface area contributed by atoms with E-state index < -0.39 is 0 Å². The highest BCUT2D eigenvalue weighted by atomic mass is 16.5. The Balaban J connectivity index is 1.40. The van der Waals surface area contributed by atoms with E-state index in [2.05, 4.69) is 15.7 Å². The van der Waals surface area contributed by atoms with E-state index in [9.17, 15) is 4.79 Å². The van der Waals surface area contributed by atoms with Crippen molar-refractivity contribution in [3.8, 4) is 11.6 Å². The number of benzene rings is 1. The van der Waals surface area contributed by atoms with Crippen LogP contribution in [0.15, 0.2) is 42.9 Å². The van der Waals surface area contributed by atoms with Gasteiger partial charge in [0.15, 0.2) is 0 Å². The van der Waals surface area contributed by atoms with Crippen LogP contribution in [0.3, 0.4) is 0 Å². The van der Waals surface area contributed by atoms with Gasteiger partial charge in [-0.3, -0.25) is 9.48 Å². The van der Waals surface area contributed by atoms with Crippen LogP contribution in [-0.4, -0.2) is 49.5 Å². The van der Waals surface area contributed by atoms with Crippen LogP contribution in [-0.2, 0) is 18.3 Å². The highest BCUT2D eigenvalue weighted by Crippen LogP contribution is 2.31. The summed E-state index contributed by atoms with van der Waals surface area (Å²) in [5, 5.41) is 10.4. The molecule has 1 amide bonds. The third-order valence-electron chi connectivity index (χ3n) is 5.68. The lowest BCUT2D eigenvalue weighted by atomic mass is 10.1. The number of aryl methyl sites for hydroxylation is 1. The molecule has 10 nitrogen and oxygen atoms in total. The van der Waals surface area contributed by atoms with Crippen LogP contribution < -0.4 is 15.4 Å². The van der Waals surface area contributed by atoms with Gasteiger partial charge in [-0.1, -0.05) is 0 Å². The summed E-state index contributed by atoms with van der Waals surface area (Å²) in [6.45, 7) is 1.73. The van der Waals surface area contributed by atoms with Crippen LogP contribution in [0.25, 0.3) is 16.7 Å². The maximum absolute atomic E-state index is 11.8. The molecule has 162 valence electrons. The highest BCUT2D eigenvalue weighted by molar-refractivity contribution is 5.98. The van der Waals surface area contributed by atoms with Gasteiger partial charge in [0.1, 0.15) is 11.6 Å². The molecule has 0 radical (unpaired) electrons. The van der Waals surface area contributed by atoms with E-state index in [1.54, 1.807) is 10.9 Å². The fourth-order valence-electron chi connectivity index (χ4n) is 4.10. The fraction of sp³-hybridized carbons (Fsp3) is 0.273. The summed E-state index contributed by atoms with van der Waals surface area (Å²) in [5.74, 6) is 0.864. The zero-order valence-electron chi connectivity index (χ0n) is 17.4. The summed E-state index contributed by atoms with van der Waals surface area (Å²) in [4.78, 5) is 21.2. The third kappa shape index (κ3) is 3.25. The molecule has 1 atom stereocenters. The smallest absolute Gasteiger partial charge is 0.251 e. The molecule has 1 aromatic carbocycles. The molecule has 0 aliphatic carbocycles. The average Bonchev–Trinajstić information content (AvgIpc) is 3.56. The second-order valence-corrected chi connectivity index (χ2v) is 7.93. The van der Waals surface area contributed by atoms with Gasteiger partial charge in [-0.25, -0.2) is 4.98 Å². The first-order chi connectivity index (χ1) is 15.6. The van der Waals surface area contributed by atoms with Gasteiger partial charge in [-0.15, -0.1) is 0 Å². The van der Waals surface area contributed by atoms with E-state index in [0.29, 0.717) is 37.2 Å².